The van der Waals surface area contributed by atoms with Gasteiger partial charge >= 0.3 is 0 Å². The Morgan fingerprint density at radius 3 is 1.50 bits per heavy atom. The SMILES string of the molecule is Cc1ccccc1C(=O)Nc1nnc(CCOCCOCCc2nnc(NC(=O)c3ccccc3C)s2)s1. The van der Waals surface area contributed by atoms with Gasteiger partial charge in [-0.1, -0.05) is 59.1 Å². The summed E-state index contributed by atoms with van der Waals surface area (Å²) in [5.41, 5.74) is 3.04. The van der Waals surface area contributed by atoms with Gasteiger partial charge in [-0.3, -0.25) is 20.2 Å². The molecule has 38 heavy (non-hydrogen) atoms. The maximum atomic E-state index is 12.4. The Morgan fingerprint density at radius 2 is 1.08 bits per heavy atom. The number of carbonyl (C=O) groups excluding carboxylic acids is 2. The van der Waals surface area contributed by atoms with E-state index in [9.17, 15) is 9.59 Å². The van der Waals surface area contributed by atoms with Crippen molar-refractivity contribution in [3.05, 3.63) is 80.8 Å². The maximum absolute atomic E-state index is 12.4. The third-order valence-corrected chi connectivity index (χ3v) is 7.24. The molecular formula is C26H28N6O4S2. The largest absolute Gasteiger partial charge is 0.379 e. The van der Waals surface area contributed by atoms with E-state index in [0.29, 0.717) is 60.7 Å². The molecule has 0 unspecified atom stereocenters. The molecule has 4 rings (SSSR count). The van der Waals surface area contributed by atoms with Crippen molar-refractivity contribution in [2.24, 2.45) is 0 Å². The van der Waals surface area contributed by atoms with E-state index in [-0.39, 0.29) is 11.8 Å². The first-order valence-electron chi connectivity index (χ1n) is 12.0. The fourth-order valence-corrected chi connectivity index (χ4v) is 4.87. The van der Waals surface area contributed by atoms with Crippen LogP contribution < -0.4 is 10.6 Å². The van der Waals surface area contributed by atoms with E-state index in [1.165, 1.54) is 22.7 Å². The lowest BCUT2D eigenvalue weighted by Crippen LogP contribution is -2.12. The number of carbonyl (C=O) groups is 2. The molecule has 2 N–H and O–H groups in total. The van der Waals surface area contributed by atoms with Crippen LogP contribution in [0.25, 0.3) is 0 Å². The highest BCUT2D eigenvalue weighted by Gasteiger charge is 2.13. The van der Waals surface area contributed by atoms with Gasteiger partial charge in [0.2, 0.25) is 10.3 Å². The molecule has 2 aromatic carbocycles. The molecule has 0 aliphatic carbocycles. The number of hydrogen-bond donors (Lipinski definition) is 2. The fourth-order valence-electron chi connectivity index (χ4n) is 3.44. The van der Waals surface area contributed by atoms with E-state index >= 15 is 0 Å². The molecule has 0 fully saturated rings. The van der Waals surface area contributed by atoms with Crippen LogP contribution >= 0.6 is 22.7 Å². The van der Waals surface area contributed by atoms with Crippen LogP contribution in [0.15, 0.2) is 48.5 Å². The van der Waals surface area contributed by atoms with E-state index in [1.54, 1.807) is 12.1 Å². The monoisotopic (exact) mass is 552 g/mol. The number of rotatable bonds is 13. The van der Waals surface area contributed by atoms with Gasteiger partial charge in [-0.2, -0.15) is 0 Å². The molecule has 0 saturated heterocycles. The highest BCUT2D eigenvalue weighted by molar-refractivity contribution is 7.15. The number of ether oxygens (including phenoxy) is 2. The normalized spacial score (nSPS) is 10.9. The topological polar surface area (TPSA) is 128 Å². The lowest BCUT2D eigenvalue weighted by molar-refractivity contribution is 0.0500. The minimum Gasteiger partial charge on any atom is -0.379 e. The standard InChI is InChI=1S/C26H28N6O4S2/c1-17-7-3-5-9-19(17)23(33)27-25-31-29-21(37-25)11-13-35-15-16-36-14-12-22-30-32-26(38-22)28-24(34)20-10-6-4-8-18(20)2/h3-10H,11-16H2,1-2H3,(H,27,31,33)(H,28,32,34). The molecule has 0 aliphatic rings. The van der Waals surface area contributed by atoms with E-state index in [4.69, 9.17) is 9.47 Å². The molecule has 10 nitrogen and oxygen atoms in total. The third-order valence-electron chi connectivity index (χ3n) is 5.45. The van der Waals surface area contributed by atoms with Gasteiger partial charge in [-0.15, -0.1) is 20.4 Å². The van der Waals surface area contributed by atoms with Crippen LogP contribution in [0.3, 0.4) is 0 Å². The van der Waals surface area contributed by atoms with E-state index in [2.05, 4.69) is 31.0 Å². The Balaban J connectivity index is 1.07. The fraction of sp³-hybridized carbons (Fsp3) is 0.308. The summed E-state index contributed by atoms with van der Waals surface area (Å²) in [6, 6.07) is 14.8. The van der Waals surface area contributed by atoms with Crippen molar-refractivity contribution in [2.75, 3.05) is 37.1 Å². The first-order chi connectivity index (χ1) is 18.5. The number of hydrogen-bond acceptors (Lipinski definition) is 10. The zero-order valence-electron chi connectivity index (χ0n) is 21.1. The number of aryl methyl sites for hydroxylation is 2. The Bertz CT molecular complexity index is 1270. The van der Waals surface area contributed by atoms with Crippen molar-refractivity contribution in [1.29, 1.82) is 0 Å². The predicted molar refractivity (Wildman–Crippen MR) is 147 cm³/mol. The summed E-state index contributed by atoms with van der Waals surface area (Å²) < 4.78 is 11.2. The Kier molecular flexibility index (Phi) is 9.98. The average Bonchev–Trinajstić information content (AvgIpc) is 3.55. The average molecular weight is 553 g/mol. The van der Waals surface area contributed by atoms with Gasteiger partial charge in [0.25, 0.3) is 11.8 Å². The maximum Gasteiger partial charge on any atom is 0.257 e. The van der Waals surface area contributed by atoms with Crippen LogP contribution in [-0.4, -0.2) is 58.6 Å². The first kappa shape index (κ1) is 27.5. The predicted octanol–water partition coefficient (Wildman–Crippen LogP) is 4.33. The van der Waals surface area contributed by atoms with Crippen LogP contribution in [0.4, 0.5) is 10.3 Å². The molecule has 0 aliphatic heterocycles. The summed E-state index contributed by atoms with van der Waals surface area (Å²) in [5.74, 6) is -0.396. The molecule has 2 aromatic heterocycles. The molecule has 0 radical (unpaired) electrons. The van der Waals surface area contributed by atoms with E-state index in [1.807, 2.05) is 50.2 Å². The molecule has 0 bridgehead atoms. The number of amides is 2. The highest BCUT2D eigenvalue weighted by atomic mass is 32.1. The smallest absolute Gasteiger partial charge is 0.257 e. The molecule has 198 valence electrons. The van der Waals surface area contributed by atoms with Crippen LogP contribution in [0.1, 0.15) is 41.9 Å². The zero-order chi connectivity index (χ0) is 26.7. The van der Waals surface area contributed by atoms with E-state index < -0.39 is 0 Å². The highest BCUT2D eigenvalue weighted by Crippen LogP contribution is 2.19. The lowest BCUT2D eigenvalue weighted by Gasteiger charge is -2.04. The second kappa shape index (κ2) is 13.8. The molecule has 0 spiro atoms. The first-order valence-corrected chi connectivity index (χ1v) is 13.7. The van der Waals surface area contributed by atoms with Crippen molar-refractivity contribution in [3.63, 3.8) is 0 Å². The summed E-state index contributed by atoms with van der Waals surface area (Å²) in [7, 11) is 0. The summed E-state index contributed by atoms with van der Waals surface area (Å²) in [6.07, 6.45) is 1.19. The van der Waals surface area contributed by atoms with Gasteiger partial charge in [-0.25, -0.2) is 0 Å². The van der Waals surface area contributed by atoms with Crippen molar-refractivity contribution < 1.29 is 19.1 Å². The molecule has 0 atom stereocenters. The minimum absolute atomic E-state index is 0.198. The van der Waals surface area contributed by atoms with Crippen LogP contribution in [-0.2, 0) is 22.3 Å². The second-order valence-electron chi connectivity index (χ2n) is 8.26. The van der Waals surface area contributed by atoms with Gasteiger partial charge in [0.05, 0.1) is 26.4 Å². The second-order valence-corrected chi connectivity index (χ2v) is 10.4. The molecule has 2 amide bonds. The number of nitrogens with zero attached hydrogens (tertiary/aromatic N) is 4. The molecule has 0 saturated carbocycles. The van der Waals surface area contributed by atoms with Gasteiger partial charge in [0, 0.05) is 24.0 Å². The van der Waals surface area contributed by atoms with Crippen LogP contribution in [0.2, 0.25) is 0 Å². The van der Waals surface area contributed by atoms with Crippen molar-refractivity contribution in [2.45, 2.75) is 26.7 Å². The molecule has 4 aromatic rings. The summed E-state index contributed by atoms with van der Waals surface area (Å²) in [5, 5.41) is 24.4. The molecule has 12 heteroatoms. The Labute approximate surface area is 228 Å². The zero-order valence-corrected chi connectivity index (χ0v) is 22.7. The number of aromatic nitrogens is 4. The third kappa shape index (κ3) is 7.96. The summed E-state index contributed by atoms with van der Waals surface area (Å²) in [4.78, 5) is 24.8. The lowest BCUT2D eigenvalue weighted by atomic mass is 10.1. The minimum atomic E-state index is -0.198. The van der Waals surface area contributed by atoms with Crippen LogP contribution in [0, 0.1) is 13.8 Å². The number of nitrogens with one attached hydrogen (secondary N) is 2. The van der Waals surface area contributed by atoms with Crippen molar-refractivity contribution in [3.8, 4) is 0 Å². The molecule has 2 heterocycles. The van der Waals surface area contributed by atoms with E-state index in [0.717, 1.165) is 21.1 Å². The number of benzene rings is 2. The van der Waals surface area contributed by atoms with Gasteiger partial charge in [-0.05, 0) is 37.1 Å². The van der Waals surface area contributed by atoms with Crippen LogP contribution in [0.5, 0.6) is 0 Å². The quantitative estimate of drug-likeness (QED) is 0.235. The Hall–Kier alpha value is -3.58. The van der Waals surface area contributed by atoms with Gasteiger partial charge in [0.1, 0.15) is 10.0 Å². The van der Waals surface area contributed by atoms with Gasteiger partial charge in [0.15, 0.2) is 0 Å². The molecular weight excluding hydrogens is 524 g/mol. The number of anilines is 2. The summed E-state index contributed by atoms with van der Waals surface area (Å²) in [6.45, 7) is 5.63. The summed E-state index contributed by atoms with van der Waals surface area (Å²) >= 11 is 2.67. The Morgan fingerprint density at radius 1 is 0.658 bits per heavy atom. The van der Waals surface area contributed by atoms with Crippen molar-refractivity contribution in [1.82, 2.24) is 20.4 Å². The van der Waals surface area contributed by atoms with Gasteiger partial charge < -0.3 is 9.47 Å². The van der Waals surface area contributed by atoms with Crippen molar-refractivity contribution >= 4 is 44.8 Å².